The molecule has 0 aromatic heterocycles. The summed E-state index contributed by atoms with van der Waals surface area (Å²) in [6.45, 7) is 16.5. The third-order valence-electron chi connectivity index (χ3n) is 10.4. The Hall–Kier alpha value is -4.13. The highest BCUT2D eigenvalue weighted by molar-refractivity contribution is 5.87. The van der Waals surface area contributed by atoms with Crippen LogP contribution in [0.5, 0.6) is 11.5 Å². The Labute approximate surface area is 280 Å². The first-order valence-electron chi connectivity index (χ1n) is 17.4. The second-order valence-corrected chi connectivity index (χ2v) is 16.0. The van der Waals surface area contributed by atoms with Crippen molar-refractivity contribution in [2.45, 2.75) is 116 Å². The van der Waals surface area contributed by atoms with Gasteiger partial charge in [-0.2, -0.15) is 0 Å². The molecule has 2 fully saturated rings. The van der Waals surface area contributed by atoms with Gasteiger partial charge in [0.15, 0.2) is 29.9 Å². The average Bonchev–Trinajstić information content (AvgIpc) is 3.28. The van der Waals surface area contributed by atoms with E-state index < -0.39 is 6.03 Å². The van der Waals surface area contributed by atoms with Crippen LogP contribution in [0.4, 0.5) is 0 Å². The molecule has 47 heavy (non-hydrogen) atoms. The Morgan fingerprint density at radius 2 is 1.49 bits per heavy atom. The standard InChI is InChI=1S/C40H51N5O2/c1-25-19-27(31-15-9-8-13-26(31)14-12-18-43-37(41)42)20-28-23-44-33-16-10-11-17-34(33)45-24-29-21-30(38(2,3)4)22-32(39(5,6)7)36(29)47-40(44,45)46-35(25)28/h8-9,13,15,19-24,33-34H,10-12,14,16-18H2,1-7H3,(H4,41,42,43)/q+2. The second kappa shape index (κ2) is 11.2. The highest BCUT2D eigenvalue weighted by Crippen LogP contribution is 2.48. The van der Waals surface area contributed by atoms with Gasteiger partial charge in [0.25, 0.3) is 0 Å². The number of nitrogens with zero attached hydrogens (tertiary/aromatic N) is 3. The van der Waals surface area contributed by atoms with E-state index in [2.05, 4.69) is 124 Å². The molecule has 3 unspecified atom stereocenters. The van der Waals surface area contributed by atoms with Crippen LogP contribution in [-0.2, 0) is 17.3 Å². The van der Waals surface area contributed by atoms with E-state index in [4.69, 9.17) is 20.9 Å². The van der Waals surface area contributed by atoms with E-state index in [0.29, 0.717) is 18.6 Å². The summed E-state index contributed by atoms with van der Waals surface area (Å²) in [5.74, 6) is 1.97. The van der Waals surface area contributed by atoms with Gasteiger partial charge in [0.2, 0.25) is 12.1 Å². The van der Waals surface area contributed by atoms with Crippen LogP contribution < -0.4 is 20.9 Å². The fourth-order valence-electron chi connectivity index (χ4n) is 7.99. The van der Waals surface area contributed by atoms with E-state index in [1.165, 1.54) is 40.7 Å². The summed E-state index contributed by atoms with van der Waals surface area (Å²) in [4.78, 5) is 4.18. The van der Waals surface area contributed by atoms with Crippen molar-refractivity contribution in [3.63, 3.8) is 0 Å². The third kappa shape index (κ3) is 5.41. The number of fused-ring (bicyclic) bond motifs is 5. The zero-order valence-electron chi connectivity index (χ0n) is 29.2. The quantitative estimate of drug-likeness (QED) is 0.141. The molecule has 7 rings (SSSR count). The molecule has 3 heterocycles. The fraction of sp³-hybridized carbons (Fsp3) is 0.475. The lowest BCUT2D eigenvalue weighted by molar-refractivity contribution is -0.866. The summed E-state index contributed by atoms with van der Waals surface area (Å²) in [6, 6.07) is 17.5. The minimum absolute atomic E-state index is 0.0241. The van der Waals surface area contributed by atoms with Crippen molar-refractivity contribution in [1.29, 1.82) is 0 Å². The number of aliphatic imine (C=N–C) groups is 1. The third-order valence-corrected chi connectivity index (χ3v) is 10.4. The van der Waals surface area contributed by atoms with Crippen molar-refractivity contribution < 1.29 is 18.6 Å². The van der Waals surface area contributed by atoms with Gasteiger partial charge in [0.1, 0.15) is 0 Å². The van der Waals surface area contributed by atoms with Gasteiger partial charge < -0.3 is 20.9 Å². The number of benzene rings is 3. The molecule has 0 amide bonds. The molecule has 7 heteroatoms. The van der Waals surface area contributed by atoms with Crippen molar-refractivity contribution in [2.24, 2.45) is 16.5 Å². The van der Waals surface area contributed by atoms with Gasteiger partial charge >= 0.3 is 6.03 Å². The predicted octanol–water partition coefficient (Wildman–Crippen LogP) is 6.75. The van der Waals surface area contributed by atoms with Crippen LogP contribution in [-0.4, -0.2) is 52.2 Å². The minimum atomic E-state index is -1.06. The van der Waals surface area contributed by atoms with Crippen LogP contribution in [0.3, 0.4) is 0 Å². The second-order valence-electron chi connectivity index (χ2n) is 16.0. The van der Waals surface area contributed by atoms with Gasteiger partial charge in [0, 0.05) is 24.9 Å². The largest absolute Gasteiger partial charge is 0.704 e. The monoisotopic (exact) mass is 633 g/mol. The summed E-state index contributed by atoms with van der Waals surface area (Å²) in [7, 11) is 0. The molecular weight excluding hydrogens is 582 g/mol. The summed E-state index contributed by atoms with van der Waals surface area (Å²) in [6.07, 6.45) is 11.1. The summed E-state index contributed by atoms with van der Waals surface area (Å²) >= 11 is 0. The number of hydrogen-bond donors (Lipinski definition) is 2. The lowest BCUT2D eigenvalue weighted by atomic mass is 9.79. The molecular formula is C40H51N5O2+2. The Bertz CT molecular complexity index is 1840. The Kier molecular flexibility index (Phi) is 7.53. The van der Waals surface area contributed by atoms with Crippen molar-refractivity contribution >= 4 is 18.4 Å². The van der Waals surface area contributed by atoms with E-state index in [1.807, 2.05) is 0 Å². The molecule has 7 nitrogen and oxygen atoms in total. The first-order chi connectivity index (χ1) is 22.3. The maximum atomic E-state index is 7.32. The molecule has 3 atom stereocenters. The highest BCUT2D eigenvalue weighted by Gasteiger charge is 2.76. The zero-order chi connectivity index (χ0) is 33.3. The molecule has 1 saturated carbocycles. The van der Waals surface area contributed by atoms with Crippen molar-refractivity contribution in [1.82, 2.24) is 0 Å². The molecule has 3 aromatic carbocycles. The predicted molar refractivity (Wildman–Crippen MR) is 190 cm³/mol. The first kappa shape index (κ1) is 31.5. The van der Waals surface area contributed by atoms with Crippen molar-refractivity contribution in [3.8, 4) is 22.6 Å². The van der Waals surface area contributed by atoms with E-state index in [1.54, 1.807) is 0 Å². The highest BCUT2D eigenvalue weighted by atomic mass is 16.7. The normalized spacial score (nSPS) is 22.7. The van der Waals surface area contributed by atoms with Gasteiger partial charge in [-0.05, 0) is 89.5 Å². The molecule has 1 aliphatic carbocycles. The zero-order valence-corrected chi connectivity index (χ0v) is 29.2. The van der Waals surface area contributed by atoms with Crippen LogP contribution in [0.1, 0.15) is 107 Å². The number of guanidine groups is 1. The Morgan fingerprint density at radius 3 is 2.13 bits per heavy atom. The summed E-state index contributed by atoms with van der Waals surface area (Å²) in [5.41, 5.74) is 20.6. The van der Waals surface area contributed by atoms with Gasteiger partial charge in [-0.15, -0.1) is 0 Å². The van der Waals surface area contributed by atoms with Gasteiger partial charge in [-0.3, -0.25) is 4.99 Å². The van der Waals surface area contributed by atoms with Crippen LogP contribution in [0.15, 0.2) is 53.5 Å². The molecule has 246 valence electrons. The Balaban J connectivity index is 1.34. The van der Waals surface area contributed by atoms with Crippen LogP contribution >= 0.6 is 0 Å². The molecule has 1 saturated heterocycles. The number of rotatable bonds is 5. The number of aryl methyl sites for hydroxylation is 2. The molecule has 4 aliphatic rings. The van der Waals surface area contributed by atoms with Crippen LogP contribution in [0, 0.1) is 6.92 Å². The minimum Gasteiger partial charge on any atom is -0.370 e. The molecule has 0 bridgehead atoms. The lowest BCUT2D eigenvalue weighted by Crippen LogP contribution is -2.60. The van der Waals surface area contributed by atoms with Gasteiger partial charge in [-0.1, -0.05) is 81.0 Å². The molecule has 3 aromatic rings. The van der Waals surface area contributed by atoms with Crippen molar-refractivity contribution in [3.05, 3.63) is 81.9 Å². The molecule has 1 spiro atoms. The Morgan fingerprint density at radius 1 is 0.851 bits per heavy atom. The van der Waals surface area contributed by atoms with E-state index in [9.17, 15) is 0 Å². The summed E-state index contributed by atoms with van der Waals surface area (Å²) < 4.78 is 19.4. The fourth-order valence-corrected chi connectivity index (χ4v) is 7.99. The molecule has 4 N–H and O–H groups in total. The SMILES string of the molecule is Cc1cc(-c2ccccc2CCCN=C(N)N)cc2c1OC13Oc4c(cc(C(C)(C)C)cc4C(C)(C)C)C=[N+]1C1CCCCC1[N+]3=C2. The average molecular weight is 634 g/mol. The molecule has 3 aliphatic heterocycles. The van der Waals surface area contributed by atoms with E-state index in [0.717, 1.165) is 53.9 Å². The van der Waals surface area contributed by atoms with E-state index >= 15 is 0 Å². The number of hydrogen-bond acceptors (Lipinski definition) is 3. The number of nitrogens with two attached hydrogens (primary N) is 2. The van der Waals surface area contributed by atoms with Gasteiger partial charge in [-0.25, -0.2) is 0 Å². The van der Waals surface area contributed by atoms with Crippen LogP contribution in [0.25, 0.3) is 11.1 Å². The summed E-state index contributed by atoms with van der Waals surface area (Å²) in [5, 5.41) is 0. The van der Waals surface area contributed by atoms with E-state index in [-0.39, 0.29) is 16.8 Å². The lowest BCUT2D eigenvalue weighted by Gasteiger charge is -2.33. The smallest absolute Gasteiger partial charge is 0.370 e. The van der Waals surface area contributed by atoms with Crippen LogP contribution in [0.2, 0.25) is 0 Å². The first-order valence-corrected chi connectivity index (χ1v) is 17.4. The van der Waals surface area contributed by atoms with Crippen molar-refractivity contribution in [2.75, 3.05) is 6.54 Å². The topological polar surface area (TPSA) is 88.9 Å². The number of ether oxygens (including phenoxy) is 2. The van der Waals surface area contributed by atoms with Gasteiger partial charge in [0.05, 0.1) is 11.1 Å². The maximum absolute atomic E-state index is 7.32. The molecule has 0 radical (unpaired) electrons. The maximum Gasteiger partial charge on any atom is 0.704 e.